The molecule has 0 rings (SSSR count). The van der Waals surface area contributed by atoms with Crippen LogP contribution in [-0.2, 0) is 65.4 Å². The van der Waals surface area contributed by atoms with Crippen molar-refractivity contribution in [3.8, 4) is 0 Å². The Morgan fingerprint density at radius 3 is 0.657 bits per heavy atom. The highest BCUT2D eigenvalue weighted by Crippen LogP contribution is 2.45. The van der Waals surface area contributed by atoms with Gasteiger partial charge in [0.25, 0.3) is 0 Å². The topological polar surface area (TPSA) is 237 Å². The van der Waals surface area contributed by atoms with Crippen LogP contribution in [0.2, 0.25) is 0 Å². The van der Waals surface area contributed by atoms with Crippen LogP contribution in [0, 0.1) is 5.92 Å². The van der Waals surface area contributed by atoms with Gasteiger partial charge in [-0.3, -0.25) is 37.3 Å². The Labute approximate surface area is 664 Å². The number of carbonyl (C=O) groups excluding carboxylic acids is 4. The molecule has 0 fully saturated rings. The third kappa shape index (κ3) is 80.7. The molecule has 0 amide bonds. The molecule has 3 N–H and O–H groups in total. The minimum atomic E-state index is -4.97. The Balaban J connectivity index is 5.24. The molecule has 0 bridgehead atoms. The van der Waals surface area contributed by atoms with E-state index in [1.807, 2.05) is 0 Å². The number of esters is 4. The second-order valence-electron chi connectivity index (χ2n) is 32.2. The Hall–Kier alpha value is -1.94. The van der Waals surface area contributed by atoms with Crippen molar-refractivity contribution >= 4 is 39.5 Å². The fourth-order valence-corrected chi connectivity index (χ4v) is 15.5. The van der Waals surface area contributed by atoms with E-state index in [4.69, 9.17) is 37.0 Å². The first-order valence-corrected chi connectivity index (χ1v) is 49.2. The summed E-state index contributed by atoms with van der Waals surface area (Å²) < 4.78 is 69.0. The van der Waals surface area contributed by atoms with Gasteiger partial charge in [-0.05, 0) is 31.6 Å². The molecule has 19 heteroatoms. The number of unbranched alkanes of at least 4 members (excludes halogenated alkanes) is 60. The molecular weight excluding hydrogens is 1400 g/mol. The highest BCUT2D eigenvalue weighted by Gasteiger charge is 2.31. The van der Waals surface area contributed by atoms with Crippen molar-refractivity contribution in [1.29, 1.82) is 0 Å². The maximum absolute atomic E-state index is 13.2. The van der Waals surface area contributed by atoms with Crippen LogP contribution in [0.5, 0.6) is 0 Å². The summed E-state index contributed by atoms with van der Waals surface area (Å²) in [6, 6.07) is 0. The second kappa shape index (κ2) is 81.6. The zero-order valence-corrected chi connectivity index (χ0v) is 72.8. The maximum atomic E-state index is 13.2. The first-order valence-electron chi connectivity index (χ1n) is 46.2. The van der Waals surface area contributed by atoms with Gasteiger partial charge in [-0.15, -0.1) is 0 Å². The molecule has 0 aliphatic carbocycles. The largest absolute Gasteiger partial charge is 0.472 e. The van der Waals surface area contributed by atoms with Gasteiger partial charge in [-0.1, -0.05) is 433 Å². The average Bonchev–Trinajstić information content (AvgIpc) is 0.901. The number of hydrogen-bond donors (Lipinski definition) is 3. The molecule has 0 spiro atoms. The number of rotatable bonds is 89. The van der Waals surface area contributed by atoms with Gasteiger partial charge in [-0.2, -0.15) is 0 Å². The van der Waals surface area contributed by atoms with Crippen LogP contribution in [0.3, 0.4) is 0 Å². The van der Waals surface area contributed by atoms with Crippen molar-refractivity contribution in [2.24, 2.45) is 5.92 Å². The smallest absolute Gasteiger partial charge is 0.462 e. The van der Waals surface area contributed by atoms with Gasteiger partial charge in [-0.25, -0.2) is 9.13 Å². The van der Waals surface area contributed by atoms with E-state index in [2.05, 4.69) is 34.6 Å². The maximum Gasteiger partial charge on any atom is 0.472 e. The number of phosphoric ester groups is 2. The second-order valence-corrected chi connectivity index (χ2v) is 35.1. The van der Waals surface area contributed by atoms with Crippen molar-refractivity contribution in [3.05, 3.63) is 0 Å². The molecule has 6 atom stereocenters. The van der Waals surface area contributed by atoms with Gasteiger partial charge in [0.1, 0.15) is 19.3 Å². The Bertz CT molecular complexity index is 2050. The van der Waals surface area contributed by atoms with Crippen LogP contribution in [0.1, 0.15) is 484 Å². The van der Waals surface area contributed by atoms with Crippen molar-refractivity contribution in [2.45, 2.75) is 502 Å². The summed E-state index contributed by atoms with van der Waals surface area (Å²) in [5, 5.41) is 10.7. The fourth-order valence-electron chi connectivity index (χ4n) is 14.0. The lowest BCUT2D eigenvalue weighted by Gasteiger charge is -2.21. The van der Waals surface area contributed by atoms with E-state index in [-0.39, 0.29) is 25.7 Å². The predicted molar refractivity (Wildman–Crippen MR) is 446 cm³/mol. The standard InChI is InChI=1S/C89H174O17P2/c1-6-10-13-16-19-22-25-28-30-31-32-36-39-44-48-53-58-63-68-73-87(92)100-79-85(106-89(94)75-70-65-60-55-50-45-40-37-34-33-35-38-42-46-51-56-61-66-71-82(5)9-4)81-104-108(97,98)102-77-83(90)76-101-107(95,96)103-80-84(78-99-86(91)72-67-62-57-52-47-41-27-24-21-18-15-12-8-3)105-88(93)74-69-64-59-54-49-43-29-26-23-20-17-14-11-7-2/h82-85,90H,6-81H2,1-5H3,(H,95,96)(H,97,98)/t82?,83-,84+,85+/m0/s1. The van der Waals surface area contributed by atoms with E-state index in [1.54, 1.807) is 0 Å². The molecule has 0 saturated carbocycles. The van der Waals surface area contributed by atoms with Crippen LogP contribution >= 0.6 is 15.6 Å². The van der Waals surface area contributed by atoms with E-state index in [9.17, 15) is 43.2 Å². The zero-order valence-electron chi connectivity index (χ0n) is 71.0. The Morgan fingerprint density at radius 2 is 0.444 bits per heavy atom. The SMILES string of the molecule is CCCCCCCCCCCCCCCCCCCCCC(=O)OC[C@H](COP(=O)(O)OC[C@@H](O)COP(=O)(O)OC[C@@H](COC(=O)CCCCCCCCCCCCCCC)OC(=O)CCCCCCCCCCCCCCCC)OC(=O)CCCCCCCCCCCCCCCCCCCCC(C)CC. The molecule has 0 aliphatic heterocycles. The average molecular weight is 1580 g/mol. The van der Waals surface area contributed by atoms with Gasteiger partial charge in [0, 0.05) is 25.7 Å². The lowest BCUT2D eigenvalue weighted by Crippen LogP contribution is -2.30. The van der Waals surface area contributed by atoms with Gasteiger partial charge in [0.15, 0.2) is 12.2 Å². The number of aliphatic hydroxyl groups is 1. The first kappa shape index (κ1) is 106. The zero-order chi connectivity index (χ0) is 79.0. The van der Waals surface area contributed by atoms with Crippen LogP contribution in [0.4, 0.5) is 0 Å². The summed E-state index contributed by atoms with van der Waals surface area (Å²) in [5.74, 6) is -1.22. The molecule has 3 unspecified atom stereocenters. The summed E-state index contributed by atoms with van der Waals surface area (Å²) in [4.78, 5) is 73.3. The molecule has 642 valence electrons. The summed E-state index contributed by atoms with van der Waals surface area (Å²) in [6.07, 6.45) is 76.3. The van der Waals surface area contributed by atoms with Crippen LogP contribution < -0.4 is 0 Å². The fraction of sp³-hybridized carbons (Fsp3) is 0.955. The first-order chi connectivity index (χ1) is 52.6. The molecule has 0 radical (unpaired) electrons. The number of ether oxygens (including phenoxy) is 4. The van der Waals surface area contributed by atoms with E-state index < -0.39 is 97.5 Å². The van der Waals surface area contributed by atoms with Crippen LogP contribution in [0.15, 0.2) is 0 Å². The van der Waals surface area contributed by atoms with E-state index in [0.29, 0.717) is 25.7 Å². The Morgan fingerprint density at radius 1 is 0.259 bits per heavy atom. The third-order valence-corrected chi connectivity index (χ3v) is 23.3. The molecule has 0 saturated heterocycles. The normalized spacial score (nSPS) is 14.0. The molecule has 0 heterocycles. The van der Waals surface area contributed by atoms with Gasteiger partial charge in [0.2, 0.25) is 0 Å². The van der Waals surface area contributed by atoms with Gasteiger partial charge in [0.05, 0.1) is 26.4 Å². The highest BCUT2D eigenvalue weighted by atomic mass is 31.2. The van der Waals surface area contributed by atoms with E-state index in [1.165, 1.54) is 308 Å². The lowest BCUT2D eigenvalue weighted by molar-refractivity contribution is -0.161. The Kier molecular flexibility index (Phi) is 80.2. The summed E-state index contributed by atoms with van der Waals surface area (Å²) in [6.45, 7) is 7.46. The molecule has 0 aromatic rings. The lowest BCUT2D eigenvalue weighted by atomic mass is 9.99. The van der Waals surface area contributed by atoms with Crippen LogP contribution in [-0.4, -0.2) is 96.7 Å². The predicted octanol–water partition coefficient (Wildman–Crippen LogP) is 27.5. The third-order valence-electron chi connectivity index (χ3n) is 21.4. The van der Waals surface area contributed by atoms with Crippen molar-refractivity contribution in [2.75, 3.05) is 39.6 Å². The summed E-state index contributed by atoms with van der Waals surface area (Å²) in [7, 11) is -9.93. The minimum Gasteiger partial charge on any atom is -0.462 e. The molecule has 0 aromatic carbocycles. The molecular formula is C89H174O17P2. The number of hydrogen-bond acceptors (Lipinski definition) is 15. The van der Waals surface area contributed by atoms with Crippen molar-refractivity contribution in [3.63, 3.8) is 0 Å². The quantitative estimate of drug-likeness (QED) is 0.0222. The summed E-state index contributed by atoms with van der Waals surface area (Å²) in [5.41, 5.74) is 0. The van der Waals surface area contributed by atoms with Gasteiger partial charge < -0.3 is 33.8 Å². The number of phosphoric acid groups is 2. The van der Waals surface area contributed by atoms with Gasteiger partial charge >= 0.3 is 39.5 Å². The van der Waals surface area contributed by atoms with E-state index >= 15 is 0 Å². The van der Waals surface area contributed by atoms with Crippen LogP contribution in [0.25, 0.3) is 0 Å². The van der Waals surface area contributed by atoms with Crippen molar-refractivity contribution in [1.82, 2.24) is 0 Å². The molecule has 108 heavy (non-hydrogen) atoms. The molecule has 0 aliphatic rings. The molecule has 0 aromatic heterocycles. The molecule has 17 nitrogen and oxygen atoms in total. The number of aliphatic hydroxyl groups excluding tert-OH is 1. The van der Waals surface area contributed by atoms with Crippen molar-refractivity contribution < 1.29 is 80.2 Å². The highest BCUT2D eigenvalue weighted by molar-refractivity contribution is 7.47. The van der Waals surface area contributed by atoms with E-state index in [0.717, 1.165) is 95.8 Å². The number of carbonyl (C=O) groups is 4. The summed E-state index contributed by atoms with van der Waals surface area (Å²) >= 11 is 0. The monoisotopic (exact) mass is 1580 g/mol. The minimum absolute atomic E-state index is 0.109.